The molecule has 0 radical (unpaired) electrons. The third-order valence-corrected chi connectivity index (χ3v) is 3.49. The fraction of sp³-hybridized carbons (Fsp3) is 0.167. The highest BCUT2D eigenvalue weighted by atomic mass is 16.7. The van der Waals surface area contributed by atoms with E-state index in [0.717, 1.165) is 27.6 Å². The van der Waals surface area contributed by atoms with Crippen molar-refractivity contribution >= 4 is 22.7 Å². The number of furan rings is 1. The van der Waals surface area contributed by atoms with E-state index in [-0.39, 0.29) is 6.29 Å². The summed E-state index contributed by atoms with van der Waals surface area (Å²) in [6.45, 7) is 0. The number of rotatable bonds is 5. The molecule has 112 valence electrons. The van der Waals surface area contributed by atoms with Crippen LogP contribution in [0.5, 0.6) is 0 Å². The van der Waals surface area contributed by atoms with Gasteiger partial charge in [0.15, 0.2) is 6.29 Å². The predicted molar refractivity (Wildman–Crippen MR) is 86.7 cm³/mol. The van der Waals surface area contributed by atoms with Crippen LogP contribution in [0.2, 0.25) is 0 Å². The van der Waals surface area contributed by atoms with E-state index in [9.17, 15) is 0 Å². The van der Waals surface area contributed by atoms with E-state index < -0.39 is 0 Å². The van der Waals surface area contributed by atoms with Gasteiger partial charge in [-0.1, -0.05) is 36.4 Å². The molecule has 0 aliphatic rings. The largest absolute Gasteiger partial charge is 0.471 e. The van der Waals surface area contributed by atoms with E-state index >= 15 is 0 Å². The van der Waals surface area contributed by atoms with Gasteiger partial charge >= 0.3 is 0 Å². The summed E-state index contributed by atoms with van der Waals surface area (Å²) in [5, 5.41) is 2.06. The van der Waals surface area contributed by atoms with Crippen LogP contribution in [-0.2, 0) is 9.47 Å². The van der Waals surface area contributed by atoms with Crippen molar-refractivity contribution in [1.82, 2.24) is 0 Å². The molecule has 0 bridgehead atoms. The molecule has 22 heavy (non-hydrogen) atoms. The zero-order valence-electron chi connectivity index (χ0n) is 12.5. The Hall–Kier alpha value is -2.43. The van der Waals surface area contributed by atoms with Crippen molar-refractivity contribution in [2.45, 2.75) is 6.29 Å². The first-order valence-corrected chi connectivity index (χ1v) is 6.96. The summed E-state index contributed by atoms with van der Waals surface area (Å²) in [7, 11) is 3.24. The minimum atomic E-state index is -0.342. The maximum atomic E-state index is 5.23. The Kier molecular flexibility index (Phi) is 4.32. The van der Waals surface area contributed by atoms with Crippen LogP contribution in [-0.4, -0.2) is 20.4 Å². The number of aliphatic imine (C=N–C) groups is 1. The summed E-state index contributed by atoms with van der Waals surface area (Å²) in [4.78, 5) is 4.54. The Labute approximate surface area is 129 Å². The second kappa shape index (κ2) is 6.56. The van der Waals surface area contributed by atoms with E-state index in [1.54, 1.807) is 26.7 Å². The average Bonchev–Trinajstić information content (AvgIpc) is 3.04. The minimum Gasteiger partial charge on any atom is -0.471 e. The van der Waals surface area contributed by atoms with Crippen molar-refractivity contribution in [3.63, 3.8) is 0 Å². The van der Waals surface area contributed by atoms with Gasteiger partial charge in [0.05, 0.1) is 12.0 Å². The number of benzene rings is 2. The monoisotopic (exact) mass is 295 g/mol. The van der Waals surface area contributed by atoms with Gasteiger partial charge in [0, 0.05) is 36.8 Å². The second-order valence-corrected chi connectivity index (χ2v) is 4.88. The molecule has 3 rings (SSSR count). The topological polar surface area (TPSA) is 44.0 Å². The molecule has 4 nitrogen and oxygen atoms in total. The zero-order valence-corrected chi connectivity index (χ0v) is 12.5. The molecule has 0 aliphatic carbocycles. The molecule has 0 aliphatic heterocycles. The summed E-state index contributed by atoms with van der Waals surface area (Å²) in [5.41, 5.74) is 2.87. The maximum absolute atomic E-state index is 5.23. The highest BCUT2D eigenvalue weighted by Crippen LogP contribution is 2.26. The van der Waals surface area contributed by atoms with Gasteiger partial charge in [0.25, 0.3) is 0 Å². The van der Waals surface area contributed by atoms with Crippen LogP contribution in [0.1, 0.15) is 17.4 Å². The molecule has 2 aromatic carbocycles. The number of nitrogens with zero attached hydrogens (tertiary/aromatic N) is 1. The fourth-order valence-corrected chi connectivity index (χ4v) is 2.34. The standard InChI is InChI=1S/C18H17NO3/c1-20-18(21-2)14-8-6-13(7-9-14)10-19-17-5-3-4-15-11-22-12-16(15)17/h3-12,18H,1-2H3/b19-10+. The van der Waals surface area contributed by atoms with Crippen molar-refractivity contribution in [2.75, 3.05) is 14.2 Å². The molecule has 0 unspecified atom stereocenters. The van der Waals surface area contributed by atoms with Crippen molar-refractivity contribution in [3.05, 3.63) is 66.1 Å². The Morgan fingerprint density at radius 3 is 2.50 bits per heavy atom. The first-order chi connectivity index (χ1) is 10.8. The third kappa shape index (κ3) is 2.93. The zero-order chi connectivity index (χ0) is 15.4. The molecule has 0 spiro atoms. The second-order valence-electron chi connectivity index (χ2n) is 4.88. The van der Waals surface area contributed by atoms with Crippen molar-refractivity contribution in [3.8, 4) is 0 Å². The average molecular weight is 295 g/mol. The van der Waals surface area contributed by atoms with Crippen LogP contribution in [0.15, 0.2) is 64.4 Å². The van der Waals surface area contributed by atoms with Gasteiger partial charge in [-0.2, -0.15) is 0 Å². The molecule has 0 N–H and O–H groups in total. The highest BCUT2D eigenvalue weighted by Gasteiger charge is 2.07. The minimum absolute atomic E-state index is 0.342. The van der Waals surface area contributed by atoms with E-state index in [4.69, 9.17) is 13.9 Å². The predicted octanol–water partition coefficient (Wildman–Crippen LogP) is 4.47. The van der Waals surface area contributed by atoms with E-state index in [2.05, 4.69) is 4.99 Å². The molecular weight excluding hydrogens is 278 g/mol. The smallest absolute Gasteiger partial charge is 0.183 e. The van der Waals surface area contributed by atoms with Crippen molar-refractivity contribution in [1.29, 1.82) is 0 Å². The van der Waals surface area contributed by atoms with E-state index in [0.29, 0.717) is 0 Å². The number of hydrogen-bond donors (Lipinski definition) is 0. The van der Waals surface area contributed by atoms with Crippen LogP contribution in [0.4, 0.5) is 5.69 Å². The maximum Gasteiger partial charge on any atom is 0.183 e. The molecule has 4 heteroatoms. The normalized spacial score (nSPS) is 11.8. The highest BCUT2D eigenvalue weighted by molar-refractivity contribution is 5.94. The lowest BCUT2D eigenvalue weighted by Crippen LogP contribution is -2.03. The Balaban J connectivity index is 1.82. The van der Waals surface area contributed by atoms with Gasteiger partial charge in [0.2, 0.25) is 0 Å². The van der Waals surface area contributed by atoms with E-state index in [1.165, 1.54) is 0 Å². The van der Waals surface area contributed by atoms with Crippen LogP contribution in [0, 0.1) is 0 Å². The van der Waals surface area contributed by atoms with Crippen LogP contribution in [0.3, 0.4) is 0 Å². The van der Waals surface area contributed by atoms with Crippen molar-refractivity contribution in [2.24, 2.45) is 4.99 Å². The SMILES string of the molecule is COC(OC)c1ccc(/C=N/c2cccc3cocc23)cc1. The van der Waals surface area contributed by atoms with Gasteiger partial charge in [-0.05, 0) is 11.6 Å². The summed E-state index contributed by atoms with van der Waals surface area (Å²) in [6, 6.07) is 13.8. The van der Waals surface area contributed by atoms with E-state index in [1.807, 2.05) is 48.7 Å². The lowest BCUT2D eigenvalue weighted by atomic mass is 10.1. The summed E-state index contributed by atoms with van der Waals surface area (Å²) in [6.07, 6.45) is 4.93. The Morgan fingerprint density at radius 2 is 1.77 bits per heavy atom. The molecule has 0 amide bonds. The van der Waals surface area contributed by atoms with Gasteiger partial charge in [-0.3, -0.25) is 4.99 Å². The molecule has 0 saturated heterocycles. The summed E-state index contributed by atoms with van der Waals surface area (Å²) < 4.78 is 15.7. The Morgan fingerprint density at radius 1 is 1.00 bits per heavy atom. The first-order valence-electron chi connectivity index (χ1n) is 6.96. The first kappa shape index (κ1) is 14.5. The van der Waals surface area contributed by atoms with Gasteiger partial charge in [-0.15, -0.1) is 0 Å². The van der Waals surface area contributed by atoms with Gasteiger partial charge in [0.1, 0.15) is 6.26 Å². The van der Waals surface area contributed by atoms with Crippen LogP contribution >= 0.6 is 0 Å². The molecular formula is C18H17NO3. The summed E-state index contributed by atoms with van der Waals surface area (Å²) >= 11 is 0. The number of methoxy groups -OCH3 is 2. The van der Waals surface area contributed by atoms with Crippen LogP contribution in [0.25, 0.3) is 10.8 Å². The van der Waals surface area contributed by atoms with Gasteiger partial charge in [-0.25, -0.2) is 0 Å². The number of ether oxygens (including phenoxy) is 2. The molecule has 1 aromatic heterocycles. The Bertz CT molecular complexity index is 770. The fourth-order valence-electron chi connectivity index (χ4n) is 2.34. The lowest BCUT2D eigenvalue weighted by molar-refractivity contribution is -0.106. The third-order valence-electron chi connectivity index (χ3n) is 3.49. The quantitative estimate of drug-likeness (QED) is 0.515. The number of hydrogen-bond acceptors (Lipinski definition) is 4. The molecule has 0 fully saturated rings. The molecule has 1 heterocycles. The van der Waals surface area contributed by atoms with Crippen LogP contribution < -0.4 is 0 Å². The van der Waals surface area contributed by atoms with Crippen molar-refractivity contribution < 1.29 is 13.9 Å². The molecule has 0 saturated carbocycles. The lowest BCUT2D eigenvalue weighted by Gasteiger charge is -2.13. The number of fused-ring (bicyclic) bond motifs is 1. The summed E-state index contributed by atoms with van der Waals surface area (Å²) in [5.74, 6) is 0. The van der Waals surface area contributed by atoms with Gasteiger partial charge < -0.3 is 13.9 Å². The molecule has 3 aromatic rings. The molecule has 0 atom stereocenters.